The Morgan fingerprint density at radius 1 is 0.839 bits per heavy atom. The highest BCUT2D eigenvalue weighted by atomic mass is 19.2. The second-order valence-electron chi connectivity index (χ2n) is 9.06. The topological polar surface area (TPSA) is 27.7 Å². The Labute approximate surface area is 184 Å². The minimum atomic E-state index is -1.40. The molecule has 1 aliphatic heterocycles. The van der Waals surface area contributed by atoms with Gasteiger partial charge in [-0.1, -0.05) is 45.4 Å². The third-order valence-electron chi connectivity index (χ3n) is 6.63. The van der Waals surface area contributed by atoms with Crippen molar-refractivity contribution in [2.45, 2.75) is 95.9 Å². The van der Waals surface area contributed by atoms with Gasteiger partial charge in [-0.05, 0) is 55.7 Å². The van der Waals surface area contributed by atoms with Crippen LogP contribution < -0.4 is 0 Å². The summed E-state index contributed by atoms with van der Waals surface area (Å²) in [6, 6.07) is 2.26. The first-order chi connectivity index (χ1) is 15.1. The van der Waals surface area contributed by atoms with Crippen LogP contribution in [0.5, 0.6) is 0 Å². The molecule has 1 aromatic carbocycles. The molecule has 3 nitrogen and oxygen atoms in total. The van der Waals surface area contributed by atoms with Crippen molar-refractivity contribution in [3.63, 3.8) is 0 Å². The van der Waals surface area contributed by atoms with Crippen molar-refractivity contribution in [1.29, 1.82) is 0 Å². The molecule has 0 spiro atoms. The molecule has 2 aliphatic rings. The molecule has 0 atom stereocenters. The van der Waals surface area contributed by atoms with Crippen LogP contribution >= 0.6 is 0 Å². The van der Waals surface area contributed by atoms with Crippen molar-refractivity contribution in [3.8, 4) is 0 Å². The van der Waals surface area contributed by atoms with E-state index in [1.165, 1.54) is 38.5 Å². The summed E-state index contributed by atoms with van der Waals surface area (Å²) in [5, 5.41) is 0. The number of rotatable bonds is 11. The molecular weight excluding hydrogens is 405 g/mol. The van der Waals surface area contributed by atoms with Crippen molar-refractivity contribution >= 4 is 0 Å². The maximum absolute atomic E-state index is 13.5. The summed E-state index contributed by atoms with van der Waals surface area (Å²) in [5.74, 6) is -3.31. The van der Waals surface area contributed by atoms with Gasteiger partial charge < -0.3 is 14.2 Å². The Hall–Kier alpha value is -1.11. The average Bonchev–Trinajstić information content (AvgIpc) is 2.79. The molecule has 0 amide bonds. The van der Waals surface area contributed by atoms with E-state index in [-0.39, 0.29) is 24.2 Å². The highest BCUT2D eigenvalue weighted by Crippen LogP contribution is 2.39. The van der Waals surface area contributed by atoms with E-state index in [1.54, 1.807) is 0 Å². The molecule has 0 N–H and O–H groups in total. The quantitative estimate of drug-likeness (QED) is 0.276. The molecule has 1 heterocycles. The Bertz CT molecular complexity index is 630. The molecule has 1 saturated carbocycles. The van der Waals surface area contributed by atoms with E-state index in [9.17, 15) is 13.2 Å². The van der Waals surface area contributed by atoms with E-state index < -0.39 is 17.5 Å². The number of unbranched alkanes of at least 4 members (excludes halogenated alkanes) is 6. The van der Waals surface area contributed by atoms with Crippen molar-refractivity contribution in [2.24, 2.45) is 5.92 Å². The lowest BCUT2D eigenvalue weighted by Crippen LogP contribution is -2.42. The number of halogens is 3. The molecule has 0 bridgehead atoms. The second-order valence-corrected chi connectivity index (χ2v) is 9.06. The lowest BCUT2D eigenvalue weighted by atomic mass is 9.78. The third kappa shape index (κ3) is 7.47. The zero-order chi connectivity index (χ0) is 22.1. The molecular formula is C25H37F3O3. The third-order valence-corrected chi connectivity index (χ3v) is 6.63. The summed E-state index contributed by atoms with van der Waals surface area (Å²) in [5.41, 5.74) is 0.541. The molecule has 1 saturated heterocycles. The van der Waals surface area contributed by atoms with Gasteiger partial charge in [0.1, 0.15) is 6.10 Å². The molecule has 3 rings (SSSR count). The molecule has 1 aromatic rings. The minimum absolute atomic E-state index is 0.00199. The monoisotopic (exact) mass is 442 g/mol. The first-order valence-corrected chi connectivity index (χ1v) is 12.1. The highest BCUT2D eigenvalue weighted by Gasteiger charge is 2.33. The lowest BCUT2D eigenvalue weighted by molar-refractivity contribution is -0.249. The van der Waals surface area contributed by atoms with Crippen LogP contribution in [0, 0.1) is 23.4 Å². The van der Waals surface area contributed by atoms with E-state index in [2.05, 4.69) is 6.92 Å². The van der Waals surface area contributed by atoms with Crippen molar-refractivity contribution < 1.29 is 27.4 Å². The Balaban J connectivity index is 1.30. The summed E-state index contributed by atoms with van der Waals surface area (Å²) in [6.07, 6.45) is 11.9. The summed E-state index contributed by atoms with van der Waals surface area (Å²) >= 11 is 0. The summed E-state index contributed by atoms with van der Waals surface area (Å²) in [7, 11) is 0. The van der Waals surface area contributed by atoms with Crippen LogP contribution in [0.25, 0.3) is 0 Å². The fourth-order valence-corrected chi connectivity index (χ4v) is 4.71. The first kappa shape index (κ1) is 24.5. The molecule has 31 heavy (non-hydrogen) atoms. The molecule has 0 unspecified atom stereocenters. The number of ether oxygens (including phenoxy) is 3. The largest absolute Gasteiger partial charge is 0.373 e. The van der Waals surface area contributed by atoms with Gasteiger partial charge >= 0.3 is 0 Å². The highest BCUT2D eigenvalue weighted by molar-refractivity contribution is 5.23. The Morgan fingerprint density at radius 3 is 2.03 bits per heavy atom. The van der Waals surface area contributed by atoms with Gasteiger partial charge in [-0.25, -0.2) is 13.2 Å². The van der Waals surface area contributed by atoms with E-state index in [4.69, 9.17) is 14.2 Å². The normalized spacial score (nSPS) is 26.8. The number of benzene rings is 1. The number of hydrogen-bond acceptors (Lipinski definition) is 3. The average molecular weight is 443 g/mol. The standard InChI is InChI=1S/C25H37F3O3/c1-2-3-4-5-6-7-8-13-29-21-16-30-25(31-17-21)19-11-9-18(10-12-19)20-14-22(26)24(28)23(27)15-20/h14-15,18-19,21,25H,2-13,16-17H2,1H3. The van der Waals surface area contributed by atoms with Gasteiger partial charge in [0.2, 0.25) is 0 Å². The van der Waals surface area contributed by atoms with E-state index >= 15 is 0 Å². The predicted molar refractivity (Wildman–Crippen MR) is 114 cm³/mol. The van der Waals surface area contributed by atoms with E-state index in [1.807, 2.05) is 0 Å². The van der Waals surface area contributed by atoms with Gasteiger partial charge in [0, 0.05) is 12.5 Å². The maximum Gasteiger partial charge on any atom is 0.194 e. The van der Waals surface area contributed by atoms with Crippen LogP contribution in [0.2, 0.25) is 0 Å². The van der Waals surface area contributed by atoms with Gasteiger partial charge in [-0.15, -0.1) is 0 Å². The molecule has 0 radical (unpaired) electrons. The summed E-state index contributed by atoms with van der Waals surface area (Å²) in [6.45, 7) is 4.09. The SMILES string of the molecule is CCCCCCCCCOC1COC(C2CCC(c3cc(F)c(F)c(F)c3)CC2)OC1. The van der Waals surface area contributed by atoms with E-state index in [0.717, 1.165) is 50.8 Å². The van der Waals surface area contributed by atoms with Crippen molar-refractivity contribution in [1.82, 2.24) is 0 Å². The molecule has 2 fully saturated rings. The van der Waals surface area contributed by atoms with E-state index in [0.29, 0.717) is 18.8 Å². The number of hydrogen-bond donors (Lipinski definition) is 0. The second kappa shape index (κ2) is 12.8. The molecule has 6 heteroatoms. The Kier molecular flexibility index (Phi) is 10.1. The molecule has 0 aromatic heterocycles. The van der Waals surface area contributed by atoms with Crippen LogP contribution in [-0.4, -0.2) is 32.2 Å². The van der Waals surface area contributed by atoms with Crippen LogP contribution in [0.1, 0.15) is 89.0 Å². The van der Waals surface area contributed by atoms with Gasteiger partial charge in [-0.3, -0.25) is 0 Å². The predicted octanol–water partition coefficient (Wildman–Crippen LogP) is 6.89. The van der Waals surface area contributed by atoms with Gasteiger partial charge in [0.25, 0.3) is 0 Å². The van der Waals surface area contributed by atoms with Crippen LogP contribution in [0.3, 0.4) is 0 Å². The Morgan fingerprint density at radius 2 is 1.42 bits per heavy atom. The van der Waals surface area contributed by atoms with Gasteiger partial charge in [0.05, 0.1) is 13.2 Å². The molecule has 176 valence electrons. The maximum atomic E-state index is 13.5. The fraction of sp³-hybridized carbons (Fsp3) is 0.760. The van der Waals surface area contributed by atoms with Gasteiger partial charge in [-0.2, -0.15) is 0 Å². The zero-order valence-electron chi connectivity index (χ0n) is 18.7. The minimum Gasteiger partial charge on any atom is -0.373 e. The van der Waals surface area contributed by atoms with Crippen LogP contribution in [-0.2, 0) is 14.2 Å². The first-order valence-electron chi connectivity index (χ1n) is 12.1. The lowest BCUT2D eigenvalue weighted by Gasteiger charge is -2.37. The smallest absolute Gasteiger partial charge is 0.194 e. The summed E-state index contributed by atoms with van der Waals surface area (Å²) in [4.78, 5) is 0. The summed E-state index contributed by atoms with van der Waals surface area (Å²) < 4.78 is 58.0. The zero-order valence-corrected chi connectivity index (χ0v) is 18.7. The van der Waals surface area contributed by atoms with Crippen LogP contribution in [0.4, 0.5) is 13.2 Å². The molecule has 1 aliphatic carbocycles. The van der Waals surface area contributed by atoms with Crippen LogP contribution in [0.15, 0.2) is 12.1 Å². The van der Waals surface area contributed by atoms with Crippen molar-refractivity contribution in [3.05, 3.63) is 35.1 Å². The fourth-order valence-electron chi connectivity index (χ4n) is 4.71. The van der Waals surface area contributed by atoms with Gasteiger partial charge in [0.15, 0.2) is 23.7 Å². The van der Waals surface area contributed by atoms with Crippen molar-refractivity contribution in [2.75, 3.05) is 19.8 Å².